The van der Waals surface area contributed by atoms with E-state index in [4.69, 9.17) is 0 Å². The molecule has 4 nitrogen and oxygen atoms in total. The van der Waals surface area contributed by atoms with Crippen LogP contribution in [-0.2, 0) is 6.54 Å². The summed E-state index contributed by atoms with van der Waals surface area (Å²) >= 11 is 0. The van der Waals surface area contributed by atoms with E-state index in [1.807, 2.05) is 0 Å². The normalized spacial score (nSPS) is 11.5. The van der Waals surface area contributed by atoms with Gasteiger partial charge in [-0.1, -0.05) is 0 Å². The fraction of sp³-hybridized carbons (Fsp3) is 0.444. The molecule has 80 valence electrons. The van der Waals surface area contributed by atoms with Crippen molar-refractivity contribution in [3.63, 3.8) is 0 Å². The quantitative estimate of drug-likeness (QED) is 0.761. The molecule has 0 aliphatic rings. The number of aryl methyl sites for hydroxylation is 2. The van der Waals surface area contributed by atoms with Gasteiger partial charge in [0.05, 0.1) is 11.1 Å². The third kappa shape index (κ3) is 1.79. The van der Waals surface area contributed by atoms with E-state index >= 15 is 0 Å². The van der Waals surface area contributed by atoms with Crippen LogP contribution in [-0.4, -0.2) is 26.2 Å². The zero-order chi connectivity index (χ0) is 11.0. The number of alkyl halides is 2. The van der Waals surface area contributed by atoms with Crippen molar-refractivity contribution in [2.75, 3.05) is 0 Å². The maximum absolute atomic E-state index is 12.3. The van der Waals surface area contributed by atoms with Crippen LogP contribution in [0.25, 0.3) is 11.0 Å². The van der Waals surface area contributed by atoms with Crippen molar-refractivity contribution in [3.05, 3.63) is 17.7 Å². The van der Waals surface area contributed by atoms with Gasteiger partial charge in [-0.25, -0.2) is 23.4 Å². The van der Waals surface area contributed by atoms with Crippen LogP contribution in [0.4, 0.5) is 8.78 Å². The first kappa shape index (κ1) is 9.95. The Bertz CT molecular complexity index is 492. The van der Waals surface area contributed by atoms with Crippen LogP contribution in [0, 0.1) is 13.8 Å². The van der Waals surface area contributed by atoms with E-state index in [0.29, 0.717) is 17.2 Å². The van der Waals surface area contributed by atoms with E-state index in [1.165, 1.54) is 4.68 Å². The molecule has 6 heteroatoms. The fourth-order valence-electron chi connectivity index (χ4n) is 1.45. The molecule has 0 bridgehead atoms. The second-order valence-corrected chi connectivity index (χ2v) is 3.31. The van der Waals surface area contributed by atoms with Gasteiger partial charge in [0.15, 0.2) is 5.65 Å². The largest absolute Gasteiger partial charge is 0.258 e. The zero-order valence-corrected chi connectivity index (χ0v) is 8.41. The third-order valence-corrected chi connectivity index (χ3v) is 2.11. The molecule has 0 saturated carbocycles. The van der Waals surface area contributed by atoms with Gasteiger partial charge in [0.1, 0.15) is 12.4 Å². The number of fused-ring (bicyclic) bond motifs is 1. The van der Waals surface area contributed by atoms with E-state index in [2.05, 4.69) is 15.1 Å². The van der Waals surface area contributed by atoms with Crippen molar-refractivity contribution >= 4 is 11.0 Å². The summed E-state index contributed by atoms with van der Waals surface area (Å²) in [5, 5.41) is 4.73. The van der Waals surface area contributed by atoms with Gasteiger partial charge in [0.25, 0.3) is 6.43 Å². The standard InChI is InChI=1S/C9H10F2N4/c1-5-7-3-12-6(2)13-9(7)15(14-5)4-8(10)11/h3,8H,4H2,1-2H3. The van der Waals surface area contributed by atoms with Crippen molar-refractivity contribution in [1.29, 1.82) is 0 Å². The molecule has 0 aromatic carbocycles. The molecule has 0 atom stereocenters. The number of rotatable bonds is 2. The highest BCUT2D eigenvalue weighted by Crippen LogP contribution is 2.15. The molecule has 0 N–H and O–H groups in total. The van der Waals surface area contributed by atoms with Gasteiger partial charge in [0.2, 0.25) is 0 Å². The minimum Gasteiger partial charge on any atom is -0.241 e. The van der Waals surface area contributed by atoms with Crippen LogP contribution < -0.4 is 0 Å². The second-order valence-electron chi connectivity index (χ2n) is 3.31. The minimum atomic E-state index is -2.43. The van der Waals surface area contributed by atoms with Crippen molar-refractivity contribution in [2.45, 2.75) is 26.8 Å². The van der Waals surface area contributed by atoms with Crippen LogP contribution in [0.15, 0.2) is 6.20 Å². The van der Waals surface area contributed by atoms with Gasteiger partial charge in [-0.3, -0.25) is 0 Å². The second kappa shape index (κ2) is 3.52. The third-order valence-electron chi connectivity index (χ3n) is 2.11. The van der Waals surface area contributed by atoms with Gasteiger partial charge in [-0.15, -0.1) is 0 Å². The highest BCUT2D eigenvalue weighted by atomic mass is 19.3. The van der Waals surface area contributed by atoms with Crippen molar-refractivity contribution in [3.8, 4) is 0 Å². The summed E-state index contributed by atoms with van der Waals surface area (Å²) in [6, 6.07) is 0. The molecule has 0 radical (unpaired) electrons. The summed E-state index contributed by atoms with van der Waals surface area (Å²) in [5.74, 6) is 0.554. The Morgan fingerprint density at radius 2 is 2.13 bits per heavy atom. The van der Waals surface area contributed by atoms with Crippen LogP contribution >= 0.6 is 0 Å². The van der Waals surface area contributed by atoms with E-state index in [-0.39, 0.29) is 0 Å². The van der Waals surface area contributed by atoms with Gasteiger partial charge in [-0.2, -0.15) is 5.10 Å². The minimum absolute atomic E-state index is 0.430. The first-order valence-corrected chi connectivity index (χ1v) is 4.53. The summed E-state index contributed by atoms with van der Waals surface area (Å²) in [6.45, 7) is 3.04. The average Bonchev–Trinajstić information content (AvgIpc) is 2.42. The van der Waals surface area contributed by atoms with E-state index in [9.17, 15) is 8.78 Å². The zero-order valence-electron chi connectivity index (χ0n) is 8.41. The van der Waals surface area contributed by atoms with E-state index in [0.717, 1.165) is 5.39 Å². The molecule has 2 aromatic rings. The lowest BCUT2D eigenvalue weighted by molar-refractivity contribution is 0.123. The Labute approximate surface area is 85.0 Å². The monoisotopic (exact) mass is 212 g/mol. The van der Waals surface area contributed by atoms with Crippen molar-refractivity contribution in [1.82, 2.24) is 19.7 Å². The predicted octanol–water partition coefficient (Wildman–Crippen LogP) is 1.71. The van der Waals surface area contributed by atoms with Crippen LogP contribution in [0.2, 0.25) is 0 Å². The number of hydrogen-bond acceptors (Lipinski definition) is 3. The molecule has 2 rings (SSSR count). The fourth-order valence-corrected chi connectivity index (χ4v) is 1.45. The molecule has 15 heavy (non-hydrogen) atoms. The van der Waals surface area contributed by atoms with Gasteiger partial charge < -0.3 is 0 Å². The first-order chi connectivity index (χ1) is 7.08. The lowest BCUT2D eigenvalue weighted by Crippen LogP contribution is -2.09. The molecule has 0 saturated heterocycles. The molecule has 2 heterocycles. The van der Waals surface area contributed by atoms with Gasteiger partial charge in [0, 0.05) is 6.20 Å². The Kier molecular flexibility index (Phi) is 2.34. The smallest absolute Gasteiger partial charge is 0.241 e. The molecule has 2 aromatic heterocycles. The number of nitrogens with zero attached hydrogens (tertiary/aromatic N) is 4. The highest BCUT2D eigenvalue weighted by molar-refractivity contribution is 5.77. The lowest BCUT2D eigenvalue weighted by Gasteiger charge is -2.01. The SMILES string of the molecule is Cc1ncc2c(C)nn(CC(F)F)c2n1. The topological polar surface area (TPSA) is 43.6 Å². The highest BCUT2D eigenvalue weighted by Gasteiger charge is 2.12. The van der Waals surface area contributed by atoms with Gasteiger partial charge >= 0.3 is 0 Å². The summed E-state index contributed by atoms with van der Waals surface area (Å²) in [5.41, 5.74) is 1.14. The maximum Gasteiger partial charge on any atom is 0.258 e. The molecular formula is C9H10F2N4. The molecule has 0 aliphatic carbocycles. The molecular weight excluding hydrogens is 202 g/mol. The van der Waals surface area contributed by atoms with Crippen LogP contribution in [0.3, 0.4) is 0 Å². The molecule has 0 spiro atoms. The summed E-state index contributed by atoms with van der Waals surface area (Å²) in [7, 11) is 0. The molecule has 0 aliphatic heterocycles. The van der Waals surface area contributed by atoms with Crippen molar-refractivity contribution in [2.24, 2.45) is 0 Å². The first-order valence-electron chi connectivity index (χ1n) is 4.53. The Hall–Kier alpha value is -1.59. The number of halogens is 2. The van der Waals surface area contributed by atoms with E-state index in [1.54, 1.807) is 20.0 Å². The summed E-state index contributed by atoms with van der Waals surface area (Å²) in [6.07, 6.45) is -0.815. The Morgan fingerprint density at radius 3 is 2.80 bits per heavy atom. The van der Waals surface area contributed by atoms with Crippen LogP contribution in [0.5, 0.6) is 0 Å². The summed E-state index contributed by atoms with van der Waals surface area (Å²) in [4.78, 5) is 8.11. The summed E-state index contributed by atoms with van der Waals surface area (Å²) < 4.78 is 25.7. The predicted molar refractivity (Wildman–Crippen MR) is 50.8 cm³/mol. The molecule has 0 unspecified atom stereocenters. The van der Waals surface area contributed by atoms with E-state index < -0.39 is 13.0 Å². The maximum atomic E-state index is 12.3. The number of hydrogen-bond donors (Lipinski definition) is 0. The van der Waals surface area contributed by atoms with Crippen LogP contribution in [0.1, 0.15) is 11.5 Å². The van der Waals surface area contributed by atoms with Gasteiger partial charge in [-0.05, 0) is 13.8 Å². The molecule has 0 amide bonds. The molecule has 0 fully saturated rings. The Balaban J connectivity index is 2.59. The number of aromatic nitrogens is 4. The lowest BCUT2D eigenvalue weighted by atomic mass is 10.3. The average molecular weight is 212 g/mol. The van der Waals surface area contributed by atoms with Crippen molar-refractivity contribution < 1.29 is 8.78 Å². The Morgan fingerprint density at radius 1 is 1.40 bits per heavy atom.